The number of carbonyl (C=O) groups excluding carboxylic acids is 2. The van der Waals surface area contributed by atoms with Crippen molar-refractivity contribution in [3.8, 4) is 0 Å². The zero-order valence-electron chi connectivity index (χ0n) is 19.1. The molecule has 0 spiro atoms. The Balaban J connectivity index is 0. The SMILES string of the molecule is CCCCCCCCCCCCCCCCCC(=O)OC(=O)CCCCCC.[NaH]. The van der Waals surface area contributed by atoms with Crippen LogP contribution >= 0.6 is 0 Å². The summed E-state index contributed by atoms with van der Waals surface area (Å²) in [4.78, 5) is 23.2. The van der Waals surface area contributed by atoms with Crippen molar-refractivity contribution in [2.75, 3.05) is 0 Å². The minimum atomic E-state index is -0.345. The van der Waals surface area contributed by atoms with Crippen LogP contribution in [0.3, 0.4) is 0 Å². The van der Waals surface area contributed by atoms with E-state index in [2.05, 4.69) is 13.8 Å². The van der Waals surface area contributed by atoms with Crippen molar-refractivity contribution in [3.63, 3.8) is 0 Å². The van der Waals surface area contributed by atoms with Gasteiger partial charge in [0, 0.05) is 12.8 Å². The van der Waals surface area contributed by atoms with Gasteiger partial charge in [0.2, 0.25) is 0 Å². The van der Waals surface area contributed by atoms with Crippen LogP contribution in [0.4, 0.5) is 0 Å². The molecule has 0 aliphatic carbocycles. The van der Waals surface area contributed by atoms with E-state index in [1.54, 1.807) is 0 Å². The van der Waals surface area contributed by atoms with E-state index in [0.29, 0.717) is 12.8 Å². The summed E-state index contributed by atoms with van der Waals surface area (Å²) in [6.07, 6.45) is 24.6. The number of hydrogen-bond donors (Lipinski definition) is 0. The first-order valence-electron chi connectivity index (χ1n) is 12.4. The Kier molecular flexibility index (Phi) is 28.3. The number of ether oxygens (including phenoxy) is 1. The standard InChI is InChI=1S/C25H48O3.Na.H/c1-3-5-7-9-10-11-12-13-14-15-16-17-18-19-21-23-25(27)28-24(26)22-20-8-6-4-2;;/h3-23H2,1-2H3;;. The fourth-order valence-electron chi connectivity index (χ4n) is 3.57. The normalized spacial score (nSPS) is 10.6. The first-order valence-corrected chi connectivity index (χ1v) is 12.4. The summed E-state index contributed by atoms with van der Waals surface area (Å²) in [7, 11) is 0. The molecule has 0 radical (unpaired) electrons. The summed E-state index contributed by atoms with van der Waals surface area (Å²) in [5.74, 6) is -0.683. The summed E-state index contributed by atoms with van der Waals surface area (Å²) in [6.45, 7) is 4.41. The topological polar surface area (TPSA) is 43.4 Å². The second-order valence-corrected chi connectivity index (χ2v) is 8.36. The Morgan fingerprint density at radius 2 is 0.690 bits per heavy atom. The van der Waals surface area contributed by atoms with Gasteiger partial charge in [0.15, 0.2) is 0 Å². The van der Waals surface area contributed by atoms with E-state index in [4.69, 9.17) is 4.74 Å². The second-order valence-electron chi connectivity index (χ2n) is 8.36. The van der Waals surface area contributed by atoms with Gasteiger partial charge in [-0.05, 0) is 12.8 Å². The Bertz CT molecular complexity index is 358. The van der Waals surface area contributed by atoms with E-state index in [0.717, 1.165) is 38.5 Å². The van der Waals surface area contributed by atoms with E-state index >= 15 is 0 Å². The molecular formula is C25H49NaO3. The van der Waals surface area contributed by atoms with Crippen LogP contribution in [0.15, 0.2) is 0 Å². The van der Waals surface area contributed by atoms with Crippen LogP contribution < -0.4 is 0 Å². The van der Waals surface area contributed by atoms with Crippen LogP contribution in [0.2, 0.25) is 0 Å². The molecule has 0 aromatic carbocycles. The molecule has 0 aliphatic heterocycles. The quantitative estimate of drug-likeness (QED) is 0.0829. The first-order chi connectivity index (χ1) is 13.7. The van der Waals surface area contributed by atoms with Crippen LogP contribution in [-0.2, 0) is 14.3 Å². The molecule has 0 atom stereocenters. The second kappa shape index (κ2) is 26.2. The molecule has 0 rings (SSSR count). The molecule has 0 aliphatic rings. The van der Waals surface area contributed by atoms with Gasteiger partial charge >= 0.3 is 41.5 Å². The fourth-order valence-corrected chi connectivity index (χ4v) is 3.57. The van der Waals surface area contributed by atoms with E-state index in [1.165, 1.54) is 83.5 Å². The van der Waals surface area contributed by atoms with Crippen LogP contribution in [0.1, 0.15) is 149 Å². The Hall–Kier alpha value is 0.140. The van der Waals surface area contributed by atoms with E-state index < -0.39 is 0 Å². The zero-order chi connectivity index (χ0) is 20.7. The van der Waals surface area contributed by atoms with Crippen molar-refractivity contribution in [1.82, 2.24) is 0 Å². The third-order valence-corrected chi connectivity index (χ3v) is 5.45. The van der Waals surface area contributed by atoms with Crippen molar-refractivity contribution in [1.29, 1.82) is 0 Å². The molecule has 0 aromatic rings. The number of unbranched alkanes of at least 4 members (excludes halogenated alkanes) is 17. The maximum atomic E-state index is 11.6. The maximum absolute atomic E-state index is 11.6. The predicted octanol–water partition coefficient (Wildman–Crippen LogP) is 7.64. The van der Waals surface area contributed by atoms with Gasteiger partial charge in [-0.15, -0.1) is 0 Å². The van der Waals surface area contributed by atoms with E-state index in [9.17, 15) is 9.59 Å². The van der Waals surface area contributed by atoms with Crippen molar-refractivity contribution < 1.29 is 14.3 Å². The van der Waals surface area contributed by atoms with Gasteiger partial charge in [0.25, 0.3) is 0 Å². The predicted molar refractivity (Wildman–Crippen MR) is 127 cm³/mol. The third kappa shape index (κ3) is 26.1. The number of carbonyl (C=O) groups is 2. The first kappa shape index (κ1) is 31.3. The van der Waals surface area contributed by atoms with Crippen molar-refractivity contribution in [2.24, 2.45) is 0 Å². The van der Waals surface area contributed by atoms with Crippen LogP contribution in [0.5, 0.6) is 0 Å². The molecule has 4 heteroatoms. The number of esters is 2. The zero-order valence-corrected chi connectivity index (χ0v) is 19.1. The van der Waals surface area contributed by atoms with Gasteiger partial charge < -0.3 is 4.74 Å². The molecule has 0 fully saturated rings. The average molecular weight is 421 g/mol. The molecule has 0 heterocycles. The summed E-state index contributed by atoms with van der Waals surface area (Å²) < 4.78 is 4.87. The average Bonchev–Trinajstić information content (AvgIpc) is 2.68. The molecule has 0 saturated heterocycles. The Labute approximate surface area is 203 Å². The minimum absolute atomic E-state index is 0. The van der Waals surface area contributed by atoms with Crippen LogP contribution in [0, 0.1) is 0 Å². The molecule has 0 aromatic heterocycles. The summed E-state index contributed by atoms with van der Waals surface area (Å²) in [5, 5.41) is 0. The molecule has 168 valence electrons. The van der Waals surface area contributed by atoms with Crippen molar-refractivity contribution in [2.45, 2.75) is 149 Å². The molecule has 29 heavy (non-hydrogen) atoms. The van der Waals surface area contributed by atoms with Gasteiger partial charge in [-0.1, -0.05) is 123 Å². The summed E-state index contributed by atoms with van der Waals surface area (Å²) in [5.41, 5.74) is 0. The molecular weight excluding hydrogens is 371 g/mol. The molecule has 0 bridgehead atoms. The van der Waals surface area contributed by atoms with Crippen LogP contribution in [-0.4, -0.2) is 41.5 Å². The Morgan fingerprint density at radius 3 is 1.00 bits per heavy atom. The third-order valence-electron chi connectivity index (χ3n) is 5.45. The van der Waals surface area contributed by atoms with E-state index in [1.807, 2.05) is 0 Å². The molecule has 0 saturated carbocycles. The van der Waals surface area contributed by atoms with Gasteiger partial charge in [0.1, 0.15) is 0 Å². The summed E-state index contributed by atoms with van der Waals surface area (Å²) in [6, 6.07) is 0. The van der Waals surface area contributed by atoms with Crippen molar-refractivity contribution >= 4 is 41.5 Å². The van der Waals surface area contributed by atoms with Gasteiger partial charge in [-0.25, -0.2) is 0 Å². The molecule has 0 unspecified atom stereocenters. The molecule has 3 nitrogen and oxygen atoms in total. The Morgan fingerprint density at radius 1 is 0.448 bits per heavy atom. The van der Waals surface area contributed by atoms with Gasteiger partial charge in [-0.3, -0.25) is 9.59 Å². The molecule has 0 amide bonds. The number of rotatable bonds is 21. The summed E-state index contributed by atoms with van der Waals surface area (Å²) >= 11 is 0. The van der Waals surface area contributed by atoms with Gasteiger partial charge in [0.05, 0.1) is 0 Å². The van der Waals surface area contributed by atoms with E-state index in [-0.39, 0.29) is 41.5 Å². The molecule has 0 N–H and O–H groups in total. The van der Waals surface area contributed by atoms with Crippen LogP contribution in [0.25, 0.3) is 0 Å². The monoisotopic (exact) mass is 420 g/mol. The number of hydrogen-bond acceptors (Lipinski definition) is 3. The van der Waals surface area contributed by atoms with Crippen molar-refractivity contribution in [3.05, 3.63) is 0 Å². The fraction of sp³-hybridized carbons (Fsp3) is 0.920. The van der Waals surface area contributed by atoms with Gasteiger partial charge in [-0.2, -0.15) is 0 Å².